The summed E-state index contributed by atoms with van der Waals surface area (Å²) in [6, 6.07) is 3.29. The monoisotopic (exact) mass is 254 g/mol. The van der Waals surface area contributed by atoms with E-state index >= 15 is 0 Å². The first-order valence-corrected chi connectivity index (χ1v) is 6.31. The molecule has 3 nitrogen and oxygen atoms in total. The highest BCUT2D eigenvalue weighted by atomic mass is 19.1. The summed E-state index contributed by atoms with van der Waals surface area (Å²) in [5.74, 6) is -0.237. The van der Waals surface area contributed by atoms with Gasteiger partial charge in [-0.2, -0.15) is 0 Å². The van der Waals surface area contributed by atoms with E-state index in [4.69, 9.17) is 10.8 Å². The van der Waals surface area contributed by atoms with Gasteiger partial charge in [0, 0.05) is 24.3 Å². The van der Waals surface area contributed by atoms with E-state index < -0.39 is 0 Å². The van der Waals surface area contributed by atoms with Gasteiger partial charge in [-0.1, -0.05) is 0 Å². The lowest BCUT2D eigenvalue weighted by Gasteiger charge is -2.31. The van der Waals surface area contributed by atoms with Crippen LogP contribution in [-0.2, 0) is 0 Å². The lowest BCUT2D eigenvalue weighted by molar-refractivity contribution is 0.299. The number of rotatable bonds is 5. The first-order valence-electron chi connectivity index (χ1n) is 6.31. The SMILES string of the molecule is Cc1cc(N(CCO)C(C)C)c([C@@H](C)N)cc1F. The molecule has 1 aromatic rings. The molecule has 3 N–H and O–H groups in total. The Labute approximate surface area is 108 Å². The van der Waals surface area contributed by atoms with Gasteiger partial charge < -0.3 is 15.7 Å². The molecule has 4 heteroatoms. The Balaban J connectivity index is 3.30. The highest BCUT2D eigenvalue weighted by Crippen LogP contribution is 2.29. The van der Waals surface area contributed by atoms with Crippen LogP contribution in [0.15, 0.2) is 12.1 Å². The number of aliphatic hydroxyl groups excluding tert-OH is 1. The lowest BCUT2D eigenvalue weighted by Crippen LogP contribution is -2.34. The second-order valence-corrected chi connectivity index (χ2v) is 4.96. The first-order chi connectivity index (χ1) is 8.38. The van der Waals surface area contributed by atoms with Crippen molar-refractivity contribution in [1.29, 1.82) is 0 Å². The van der Waals surface area contributed by atoms with Crippen LogP contribution >= 0.6 is 0 Å². The smallest absolute Gasteiger partial charge is 0.126 e. The summed E-state index contributed by atoms with van der Waals surface area (Å²) in [5.41, 5.74) is 8.20. The molecule has 0 amide bonds. The zero-order chi connectivity index (χ0) is 13.9. The molecule has 102 valence electrons. The van der Waals surface area contributed by atoms with E-state index in [2.05, 4.69) is 0 Å². The highest BCUT2D eigenvalue weighted by Gasteiger charge is 2.18. The Morgan fingerprint density at radius 2 is 1.94 bits per heavy atom. The third-order valence-electron chi connectivity index (χ3n) is 3.07. The van der Waals surface area contributed by atoms with E-state index in [1.54, 1.807) is 6.92 Å². The molecule has 0 spiro atoms. The van der Waals surface area contributed by atoms with Crippen LogP contribution in [-0.4, -0.2) is 24.3 Å². The van der Waals surface area contributed by atoms with Crippen LogP contribution in [0.2, 0.25) is 0 Å². The topological polar surface area (TPSA) is 49.5 Å². The number of hydrogen-bond acceptors (Lipinski definition) is 3. The summed E-state index contributed by atoms with van der Waals surface area (Å²) in [7, 11) is 0. The van der Waals surface area contributed by atoms with Crippen LogP contribution < -0.4 is 10.6 Å². The van der Waals surface area contributed by atoms with E-state index in [1.807, 2.05) is 31.7 Å². The van der Waals surface area contributed by atoms with Crippen LogP contribution in [0.1, 0.15) is 37.9 Å². The Bertz CT molecular complexity index is 405. The van der Waals surface area contributed by atoms with Crippen molar-refractivity contribution in [1.82, 2.24) is 0 Å². The Morgan fingerprint density at radius 3 is 2.39 bits per heavy atom. The van der Waals surface area contributed by atoms with Gasteiger partial charge in [0.25, 0.3) is 0 Å². The molecule has 0 saturated carbocycles. The second-order valence-electron chi connectivity index (χ2n) is 4.96. The summed E-state index contributed by atoms with van der Waals surface area (Å²) in [6.07, 6.45) is 0. The van der Waals surface area contributed by atoms with Crippen molar-refractivity contribution in [2.45, 2.75) is 39.8 Å². The first kappa shape index (κ1) is 14.9. The molecule has 0 saturated heterocycles. The van der Waals surface area contributed by atoms with Gasteiger partial charge in [-0.25, -0.2) is 4.39 Å². The third kappa shape index (κ3) is 3.21. The summed E-state index contributed by atoms with van der Waals surface area (Å²) in [4.78, 5) is 2.05. The molecule has 1 aromatic carbocycles. The average molecular weight is 254 g/mol. The fourth-order valence-corrected chi connectivity index (χ4v) is 2.06. The predicted octanol–water partition coefficient (Wildman–Crippen LogP) is 2.36. The van der Waals surface area contributed by atoms with Crippen molar-refractivity contribution < 1.29 is 9.50 Å². The average Bonchev–Trinajstić information content (AvgIpc) is 2.28. The number of aliphatic hydroxyl groups is 1. The Hall–Kier alpha value is -1.13. The molecule has 0 aliphatic heterocycles. The Morgan fingerprint density at radius 1 is 1.33 bits per heavy atom. The molecule has 18 heavy (non-hydrogen) atoms. The van der Waals surface area contributed by atoms with Gasteiger partial charge in [0.1, 0.15) is 5.82 Å². The van der Waals surface area contributed by atoms with E-state index in [-0.39, 0.29) is 24.5 Å². The van der Waals surface area contributed by atoms with Gasteiger partial charge in [-0.3, -0.25) is 0 Å². The minimum atomic E-state index is -0.241. The zero-order valence-corrected chi connectivity index (χ0v) is 11.6. The predicted molar refractivity (Wildman–Crippen MR) is 73.3 cm³/mol. The maximum absolute atomic E-state index is 13.6. The van der Waals surface area contributed by atoms with Crippen LogP contribution in [0, 0.1) is 12.7 Å². The number of benzene rings is 1. The minimum absolute atomic E-state index is 0.0625. The van der Waals surface area contributed by atoms with E-state index in [9.17, 15) is 4.39 Å². The molecule has 0 aromatic heterocycles. The highest BCUT2D eigenvalue weighted by molar-refractivity contribution is 5.57. The molecule has 1 atom stereocenters. The van der Waals surface area contributed by atoms with Crippen LogP contribution in [0.25, 0.3) is 0 Å². The van der Waals surface area contributed by atoms with Crippen molar-refractivity contribution in [3.05, 3.63) is 29.1 Å². The van der Waals surface area contributed by atoms with Gasteiger partial charge in [0.15, 0.2) is 0 Å². The second kappa shape index (κ2) is 6.16. The normalized spacial score (nSPS) is 12.9. The van der Waals surface area contributed by atoms with E-state index in [0.717, 1.165) is 11.3 Å². The van der Waals surface area contributed by atoms with Crippen molar-refractivity contribution >= 4 is 5.69 Å². The Kier molecular flexibility index (Phi) is 5.11. The van der Waals surface area contributed by atoms with Crippen LogP contribution in [0.5, 0.6) is 0 Å². The van der Waals surface area contributed by atoms with Gasteiger partial charge >= 0.3 is 0 Å². The maximum atomic E-state index is 13.6. The number of anilines is 1. The van der Waals surface area contributed by atoms with Gasteiger partial charge in [-0.05, 0) is 51.0 Å². The van der Waals surface area contributed by atoms with Crippen molar-refractivity contribution in [2.24, 2.45) is 5.73 Å². The number of halogens is 1. The minimum Gasteiger partial charge on any atom is -0.395 e. The van der Waals surface area contributed by atoms with Crippen LogP contribution in [0.4, 0.5) is 10.1 Å². The molecular weight excluding hydrogens is 231 g/mol. The summed E-state index contributed by atoms with van der Waals surface area (Å²) < 4.78 is 13.6. The zero-order valence-electron chi connectivity index (χ0n) is 11.6. The van der Waals surface area contributed by atoms with Gasteiger partial charge in [0.05, 0.1) is 6.61 Å². The molecule has 1 rings (SSSR count). The third-order valence-corrected chi connectivity index (χ3v) is 3.07. The van der Waals surface area contributed by atoms with Gasteiger partial charge in [-0.15, -0.1) is 0 Å². The molecule has 0 fully saturated rings. The van der Waals surface area contributed by atoms with E-state index in [0.29, 0.717) is 12.1 Å². The number of hydrogen-bond donors (Lipinski definition) is 2. The molecule has 0 bridgehead atoms. The summed E-state index contributed by atoms with van der Waals surface area (Å²) in [6.45, 7) is 8.24. The van der Waals surface area contributed by atoms with Crippen molar-refractivity contribution in [2.75, 3.05) is 18.1 Å². The fraction of sp³-hybridized carbons (Fsp3) is 0.571. The van der Waals surface area contributed by atoms with E-state index in [1.165, 1.54) is 6.07 Å². The van der Waals surface area contributed by atoms with Crippen molar-refractivity contribution in [3.63, 3.8) is 0 Å². The standard InChI is InChI=1S/C14H23FN2O/c1-9(2)17(5-6-18)14-7-10(3)13(15)8-12(14)11(4)16/h7-9,11,18H,5-6,16H2,1-4H3/t11-/m1/s1. The number of aryl methyl sites for hydroxylation is 1. The number of nitrogens with two attached hydrogens (primary N) is 1. The summed E-state index contributed by atoms with van der Waals surface area (Å²) in [5, 5.41) is 9.15. The van der Waals surface area contributed by atoms with Crippen LogP contribution in [0.3, 0.4) is 0 Å². The number of nitrogens with zero attached hydrogens (tertiary/aromatic N) is 1. The molecular formula is C14H23FN2O. The lowest BCUT2D eigenvalue weighted by atomic mass is 10.0. The molecule has 0 radical (unpaired) electrons. The van der Waals surface area contributed by atoms with Gasteiger partial charge in [0.2, 0.25) is 0 Å². The fourth-order valence-electron chi connectivity index (χ4n) is 2.06. The largest absolute Gasteiger partial charge is 0.395 e. The maximum Gasteiger partial charge on any atom is 0.126 e. The molecule has 0 heterocycles. The van der Waals surface area contributed by atoms with Crippen molar-refractivity contribution in [3.8, 4) is 0 Å². The molecule has 0 unspecified atom stereocenters. The molecule has 0 aliphatic rings. The quantitative estimate of drug-likeness (QED) is 0.848. The summed E-state index contributed by atoms with van der Waals surface area (Å²) >= 11 is 0. The molecule has 0 aliphatic carbocycles.